The molecule has 0 aliphatic rings. The van der Waals surface area contributed by atoms with Gasteiger partial charge in [-0.25, -0.2) is 14.6 Å². The molecule has 164 valence electrons. The Bertz CT molecular complexity index is 1530. The highest BCUT2D eigenvalue weighted by Gasteiger charge is 2.16. The lowest BCUT2D eigenvalue weighted by atomic mass is 10.1. The minimum absolute atomic E-state index is 0.221. The maximum Gasteiger partial charge on any atom is 0.263 e. The van der Waals surface area contributed by atoms with Gasteiger partial charge in [0.15, 0.2) is 0 Å². The Hall–Kier alpha value is -3.53. The number of carbonyl (C=O) groups is 1. The molecule has 0 fully saturated rings. The van der Waals surface area contributed by atoms with Crippen molar-refractivity contribution in [1.29, 1.82) is 0 Å². The molecule has 0 radical (unpaired) electrons. The average Bonchev–Trinajstić information content (AvgIpc) is 3.47. The van der Waals surface area contributed by atoms with Crippen molar-refractivity contribution < 1.29 is 4.79 Å². The molecule has 33 heavy (non-hydrogen) atoms. The van der Waals surface area contributed by atoms with Gasteiger partial charge in [0.05, 0.1) is 23.1 Å². The summed E-state index contributed by atoms with van der Waals surface area (Å²) in [5, 5.41) is 10.3. The van der Waals surface area contributed by atoms with Gasteiger partial charge in [0, 0.05) is 21.0 Å². The van der Waals surface area contributed by atoms with E-state index in [2.05, 4.69) is 20.4 Å². The normalized spacial score (nSPS) is 11.1. The largest absolute Gasteiger partial charge is 0.323 e. The van der Waals surface area contributed by atoms with Crippen molar-refractivity contribution in [2.24, 2.45) is 0 Å². The molecule has 0 bridgehead atoms. The summed E-state index contributed by atoms with van der Waals surface area (Å²) in [5.41, 5.74) is 2.33. The van der Waals surface area contributed by atoms with Crippen LogP contribution in [0.25, 0.3) is 27.0 Å². The number of nitrogens with one attached hydrogen (secondary N) is 1. The van der Waals surface area contributed by atoms with Crippen molar-refractivity contribution in [3.05, 3.63) is 87.2 Å². The summed E-state index contributed by atoms with van der Waals surface area (Å²) in [6, 6.07) is 12.2. The highest BCUT2D eigenvalue weighted by molar-refractivity contribution is 7.17. The Morgan fingerprint density at radius 3 is 2.61 bits per heavy atom. The number of hydrogen-bond donors (Lipinski definition) is 1. The van der Waals surface area contributed by atoms with Crippen molar-refractivity contribution in [2.75, 3.05) is 5.32 Å². The predicted molar refractivity (Wildman–Crippen MR) is 129 cm³/mol. The number of fused-ring (bicyclic) bond motifs is 1. The van der Waals surface area contributed by atoms with Crippen LogP contribution in [0.15, 0.2) is 71.6 Å². The van der Waals surface area contributed by atoms with Gasteiger partial charge in [-0.1, -0.05) is 35.3 Å². The molecule has 0 aliphatic carbocycles. The Balaban J connectivity index is 1.46. The van der Waals surface area contributed by atoms with Gasteiger partial charge in [-0.3, -0.25) is 14.2 Å². The van der Waals surface area contributed by atoms with E-state index in [0.717, 1.165) is 11.1 Å². The minimum atomic E-state index is -0.412. The van der Waals surface area contributed by atoms with Gasteiger partial charge >= 0.3 is 0 Å². The van der Waals surface area contributed by atoms with Crippen LogP contribution in [-0.2, 0) is 11.3 Å². The van der Waals surface area contributed by atoms with Crippen LogP contribution in [0.1, 0.15) is 0 Å². The molecule has 0 saturated heterocycles. The Kier molecular flexibility index (Phi) is 5.67. The summed E-state index contributed by atoms with van der Waals surface area (Å²) in [4.78, 5) is 35.0. The molecule has 1 N–H and O–H groups in total. The average molecular weight is 497 g/mol. The van der Waals surface area contributed by atoms with E-state index in [1.165, 1.54) is 39.6 Å². The first-order valence-corrected chi connectivity index (χ1v) is 11.3. The number of halogens is 2. The molecule has 3 heterocycles. The monoisotopic (exact) mass is 496 g/mol. The molecule has 8 nitrogen and oxygen atoms in total. The lowest BCUT2D eigenvalue weighted by Crippen LogP contribution is -2.28. The van der Waals surface area contributed by atoms with Gasteiger partial charge in [0.2, 0.25) is 5.91 Å². The molecule has 0 saturated carbocycles. The summed E-state index contributed by atoms with van der Waals surface area (Å²) < 4.78 is 2.79. The smallest absolute Gasteiger partial charge is 0.263 e. The Morgan fingerprint density at radius 1 is 1.06 bits per heavy atom. The van der Waals surface area contributed by atoms with Crippen LogP contribution in [0, 0.1) is 0 Å². The third-order valence-electron chi connectivity index (χ3n) is 4.93. The van der Waals surface area contributed by atoms with E-state index in [4.69, 9.17) is 23.2 Å². The summed E-state index contributed by atoms with van der Waals surface area (Å²) in [6.45, 7) is -0.221. The zero-order valence-electron chi connectivity index (χ0n) is 16.8. The maximum absolute atomic E-state index is 13.2. The number of carbonyl (C=O) groups excluding carboxylic acids is 1. The van der Waals surface area contributed by atoms with E-state index in [-0.39, 0.29) is 12.1 Å². The van der Waals surface area contributed by atoms with E-state index in [1.54, 1.807) is 30.3 Å². The lowest BCUT2D eigenvalue weighted by molar-refractivity contribution is -0.116. The first-order valence-electron chi connectivity index (χ1n) is 9.66. The standard InChI is InChI=1S/C22H14Cl2N6O2S/c23-14-3-1-13(2-4-14)16-9-33-21-20(16)22(32)29(12-26-21)8-19(31)28-17-7-15(24)5-6-18(17)30-11-25-10-27-30/h1-7,9-12H,8H2,(H,28,31). The summed E-state index contributed by atoms with van der Waals surface area (Å²) >= 11 is 13.5. The second-order valence-corrected chi connectivity index (χ2v) is 8.79. The van der Waals surface area contributed by atoms with Gasteiger partial charge in [-0.05, 0) is 35.9 Å². The number of benzene rings is 2. The summed E-state index contributed by atoms with van der Waals surface area (Å²) in [5.74, 6) is -0.412. The number of aromatic nitrogens is 5. The van der Waals surface area contributed by atoms with Crippen molar-refractivity contribution in [2.45, 2.75) is 6.54 Å². The number of nitrogens with zero attached hydrogens (tertiary/aromatic N) is 5. The van der Waals surface area contributed by atoms with Crippen molar-refractivity contribution in [3.8, 4) is 16.8 Å². The van der Waals surface area contributed by atoms with E-state index < -0.39 is 5.91 Å². The van der Waals surface area contributed by atoms with Crippen LogP contribution in [0.5, 0.6) is 0 Å². The molecular formula is C22H14Cl2N6O2S. The third-order valence-corrected chi connectivity index (χ3v) is 6.30. The number of thiophene rings is 1. The van der Waals surface area contributed by atoms with E-state index in [9.17, 15) is 9.59 Å². The maximum atomic E-state index is 13.2. The number of rotatable bonds is 5. The number of hydrogen-bond acceptors (Lipinski definition) is 6. The van der Waals surface area contributed by atoms with Crippen LogP contribution in [0.2, 0.25) is 10.0 Å². The molecule has 5 aromatic rings. The lowest BCUT2D eigenvalue weighted by Gasteiger charge is -2.12. The zero-order chi connectivity index (χ0) is 22.9. The van der Waals surface area contributed by atoms with Gasteiger partial charge < -0.3 is 5.32 Å². The van der Waals surface area contributed by atoms with Gasteiger partial charge in [-0.15, -0.1) is 11.3 Å². The first kappa shape index (κ1) is 21.3. The molecule has 0 spiro atoms. The van der Waals surface area contributed by atoms with Crippen molar-refractivity contribution in [3.63, 3.8) is 0 Å². The third kappa shape index (κ3) is 4.25. The number of anilines is 1. The second-order valence-electron chi connectivity index (χ2n) is 7.06. The predicted octanol–water partition coefficient (Wildman–Crippen LogP) is 4.65. The van der Waals surface area contributed by atoms with E-state index in [0.29, 0.717) is 31.6 Å². The molecular weight excluding hydrogens is 483 g/mol. The first-order chi connectivity index (χ1) is 16.0. The van der Waals surface area contributed by atoms with Crippen LogP contribution in [-0.4, -0.2) is 30.2 Å². The molecule has 11 heteroatoms. The Morgan fingerprint density at radius 2 is 1.85 bits per heavy atom. The quantitative estimate of drug-likeness (QED) is 0.382. The summed E-state index contributed by atoms with van der Waals surface area (Å²) in [7, 11) is 0. The Labute approximate surface area is 201 Å². The zero-order valence-corrected chi connectivity index (χ0v) is 19.1. The fraction of sp³-hybridized carbons (Fsp3) is 0.0455. The fourth-order valence-electron chi connectivity index (χ4n) is 3.41. The second kappa shape index (κ2) is 8.78. The molecule has 3 aromatic heterocycles. The molecule has 0 unspecified atom stereocenters. The molecule has 2 aromatic carbocycles. The van der Waals surface area contributed by atoms with Gasteiger partial charge in [-0.2, -0.15) is 5.10 Å². The summed E-state index contributed by atoms with van der Waals surface area (Å²) in [6.07, 6.45) is 4.28. The van der Waals surface area contributed by atoms with E-state index >= 15 is 0 Å². The van der Waals surface area contributed by atoms with Gasteiger partial charge in [0.1, 0.15) is 24.0 Å². The van der Waals surface area contributed by atoms with Gasteiger partial charge in [0.25, 0.3) is 5.56 Å². The van der Waals surface area contributed by atoms with Crippen LogP contribution >= 0.6 is 34.5 Å². The van der Waals surface area contributed by atoms with E-state index in [1.807, 2.05) is 17.5 Å². The molecule has 1 amide bonds. The minimum Gasteiger partial charge on any atom is -0.323 e. The highest BCUT2D eigenvalue weighted by Crippen LogP contribution is 2.31. The highest BCUT2D eigenvalue weighted by atomic mass is 35.5. The van der Waals surface area contributed by atoms with Crippen molar-refractivity contribution >= 4 is 56.3 Å². The topological polar surface area (TPSA) is 94.7 Å². The van der Waals surface area contributed by atoms with Crippen LogP contribution in [0.3, 0.4) is 0 Å². The molecule has 5 rings (SSSR count). The SMILES string of the molecule is O=C(Cn1cnc2scc(-c3ccc(Cl)cc3)c2c1=O)Nc1cc(Cl)ccc1-n1cncn1. The number of amides is 1. The fourth-order valence-corrected chi connectivity index (χ4v) is 4.61. The molecule has 0 atom stereocenters. The molecule has 0 aliphatic heterocycles. The van der Waals surface area contributed by atoms with Crippen LogP contribution in [0.4, 0.5) is 5.69 Å². The van der Waals surface area contributed by atoms with Crippen LogP contribution < -0.4 is 10.9 Å². The van der Waals surface area contributed by atoms with Crippen molar-refractivity contribution in [1.82, 2.24) is 24.3 Å².